The molecule has 8 heteroatoms. The summed E-state index contributed by atoms with van der Waals surface area (Å²) >= 11 is 0. The van der Waals surface area contributed by atoms with E-state index in [4.69, 9.17) is 0 Å². The highest BCUT2D eigenvalue weighted by molar-refractivity contribution is 7.92. The fourth-order valence-corrected chi connectivity index (χ4v) is 5.79. The molecule has 2 saturated heterocycles. The van der Waals surface area contributed by atoms with E-state index in [1.54, 1.807) is 36.4 Å². The summed E-state index contributed by atoms with van der Waals surface area (Å²) in [5, 5.41) is 9.85. The lowest BCUT2D eigenvalue weighted by molar-refractivity contribution is 0.0697. The first-order valence-corrected chi connectivity index (χ1v) is 12.7. The number of piperidine rings is 1. The van der Waals surface area contributed by atoms with E-state index in [-0.39, 0.29) is 16.1 Å². The van der Waals surface area contributed by atoms with Crippen molar-refractivity contribution in [2.75, 3.05) is 42.3 Å². The summed E-state index contributed by atoms with van der Waals surface area (Å²) in [5.74, 6) is -0.540. The van der Waals surface area contributed by atoms with Crippen LogP contribution in [0, 0.1) is 12.8 Å². The van der Waals surface area contributed by atoms with E-state index in [1.165, 1.54) is 18.9 Å². The van der Waals surface area contributed by atoms with Crippen LogP contribution in [0.4, 0.5) is 11.4 Å². The standard InChI is InChI=1S/C24H31N3O4S/c1-18-6-9-21(10-7-18)32(30,31)25-20-8-11-23(22(15-20)24(28)29)27-14-4-5-19(17-27)16-26-12-2-3-13-26/h6-11,15,19,25H,2-5,12-14,16-17H2,1H3,(H,28,29). The summed E-state index contributed by atoms with van der Waals surface area (Å²) < 4.78 is 27.9. The van der Waals surface area contributed by atoms with E-state index >= 15 is 0 Å². The number of aryl methyl sites for hydroxylation is 1. The van der Waals surface area contributed by atoms with Gasteiger partial charge in [0.25, 0.3) is 10.0 Å². The van der Waals surface area contributed by atoms with Crippen LogP contribution in [0.25, 0.3) is 0 Å². The third-order valence-electron chi connectivity index (χ3n) is 6.39. The lowest BCUT2D eigenvalue weighted by Crippen LogP contribution is -2.41. The molecule has 172 valence electrons. The molecule has 2 aromatic carbocycles. The van der Waals surface area contributed by atoms with Gasteiger partial charge in [-0.1, -0.05) is 17.7 Å². The van der Waals surface area contributed by atoms with Crippen LogP contribution < -0.4 is 9.62 Å². The lowest BCUT2D eigenvalue weighted by atomic mass is 9.96. The summed E-state index contributed by atoms with van der Waals surface area (Å²) in [6.45, 7) is 6.90. The van der Waals surface area contributed by atoms with Gasteiger partial charge in [-0.15, -0.1) is 0 Å². The minimum Gasteiger partial charge on any atom is -0.478 e. The number of aromatic carboxylic acids is 1. The summed E-state index contributed by atoms with van der Waals surface area (Å²) in [6, 6.07) is 11.3. The SMILES string of the molecule is Cc1ccc(S(=O)(=O)Nc2ccc(N3CCCC(CN4CCCC4)C3)c(C(=O)O)c2)cc1. The number of carboxylic acid groups (broad SMARTS) is 1. The van der Waals surface area contributed by atoms with Crippen LogP contribution in [0.5, 0.6) is 0 Å². The molecule has 0 aromatic heterocycles. The van der Waals surface area contributed by atoms with Gasteiger partial charge in [0.1, 0.15) is 0 Å². The molecule has 2 aliphatic heterocycles. The number of carboxylic acids is 1. The van der Waals surface area contributed by atoms with Crippen molar-refractivity contribution in [3.05, 3.63) is 53.6 Å². The molecule has 2 aliphatic rings. The van der Waals surface area contributed by atoms with Crippen LogP contribution in [-0.4, -0.2) is 57.1 Å². The largest absolute Gasteiger partial charge is 0.478 e. The molecular weight excluding hydrogens is 426 g/mol. The van der Waals surface area contributed by atoms with E-state index < -0.39 is 16.0 Å². The molecule has 2 aromatic rings. The Hall–Kier alpha value is -2.58. The van der Waals surface area contributed by atoms with Crippen molar-refractivity contribution in [2.24, 2.45) is 5.92 Å². The van der Waals surface area contributed by atoms with Crippen LogP contribution in [0.1, 0.15) is 41.6 Å². The Labute approximate surface area is 190 Å². The Kier molecular flexibility index (Phi) is 6.71. The maximum absolute atomic E-state index is 12.7. The number of likely N-dealkylation sites (tertiary alicyclic amines) is 1. The van der Waals surface area contributed by atoms with Gasteiger partial charge in [-0.05, 0) is 81.9 Å². The smallest absolute Gasteiger partial charge is 0.337 e. The molecule has 0 radical (unpaired) electrons. The zero-order valence-corrected chi connectivity index (χ0v) is 19.3. The third kappa shape index (κ3) is 5.24. The normalized spacial score (nSPS) is 19.8. The van der Waals surface area contributed by atoms with E-state index in [1.807, 2.05) is 6.92 Å². The van der Waals surface area contributed by atoms with Crippen molar-refractivity contribution >= 4 is 27.4 Å². The first-order valence-electron chi connectivity index (χ1n) is 11.3. The fraction of sp³-hybridized carbons (Fsp3) is 0.458. The summed E-state index contributed by atoms with van der Waals surface area (Å²) in [5.41, 5.74) is 1.99. The van der Waals surface area contributed by atoms with Crippen molar-refractivity contribution in [3.63, 3.8) is 0 Å². The Morgan fingerprint density at radius 2 is 1.78 bits per heavy atom. The maximum atomic E-state index is 12.7. The number of hydrogen-bond donors (Lipinski definition) is 2. The number of anilines is 2. The lowest BCUT2D eigenvalue weighted by Gasteiger charge is -2.36. The van der Waals surface area contributed by atoms with Gasteiger partial charge in [0.2, 0.25) is 0 Å². The zero-order valence-electron chi connectivity index (χ0n) is 18.5. The molecule has 0 saturated carbocycles. The topological polar surface area (TPSA) is 90.0 Å². The zero-order chi connectivity index (χ0) is 22.7. The van der Waals surface area contributed by atoms with E-state index in [0.29, 0.717) is 11.6 Å². The van der Waals surface area contributed by atoms with Crippen LogP contribution in [-0.2, 0) is 10.0 Å². The molecule has 0 bridgehead atoms. The maximum Gasteiger partial charge on any atom is 0.337 e. The molecule has 2 N–H and O–H groups in total. The highest BCUT2D eigenvalue weighted by Crippen LogP contribution is 2.30. The molecule has 1 atom stereocenters. The monoisotopic (exact) mass is 457 g/mol. The highest BCUT2D eigenvalue weighted by atomic mass is 32.2. The minimum atomic E-state index is -3.79. The van der Waals surface area contributed by atoms with Gasteiger partial charge in [-0.3, -0.25) is 4.72 Å². The van der Waals surface area contributed by atoms with E-state index in [2.05, 4.69) is 14.5 Å². The second-order valence-corrected chi connectivity index (χ2v) is 10.6. The Morgan fingerprint density at radius 3 is 2.47 bits per heavy atom. The van der Waals surface area contributed by atoms with Crippen molar-refractivity contribution in [3.8, 4) is 0 Å². The van der Waals surface area contributed by atoms with Gasteiger partial charge in [0.05, 0.1) is 16.1 Å². The molecule has 0 aliphatic carbocycles. The highest BCUT2D eigenvalue weighted by Gasteiger charge is 2.26. The van der Waals surface area contributed by atoms with Crippen LogP contribution in [0.2, 0.25) is 0 Å². The predicted octanol–water partition coefficient (Wildman–Crippen LogP) is 3.81. The summed E-state index contributed by atoms with van der Waals surface area (Å²) in [7, 11) is -3.79. The summed E-state index contributed by atoms with van der Waals surface area (Å²) in [6.07, 6.45) is 4.71. The Bertz CT molecular complexity index is 1060. The summed E-state index contributed by atoms with van der Waals surface area (Å²) in [4.78, 5) is 16.8. The van der Waals surface area contributed by atoms with E-state index in [0.717, 1.165) is 51.1 Å². The third-order valence-corrected chi connectivity index (χ3v) is 7.78. The quantitative estimate of drug-likeness (QED) is 0.657. The number of benzene rings is 2. The van der Waals surface area contributed by atoms with Gasteiger partial charge in [0.15, 0.2) is 0 Å². The van der Waals surface area contributed by atoms with Gasteiger partial charge in [0, 0.05) is 25.3 Å². The van der Waals surface area contributed by atoms with Gasteiger partial charge in [-0.2, -0.15) is 0 Å². The fourth-order valence-electron chi connectivity index (χ4n) is 4.74. The number of nitrogens with zero attached hydrogens (tertiary/aromatic N) is 2. The number of hydrogen-bond acceptors (Lipinski definition) is 5. The molecule has 7 nitrogen and oxygen atoms in total. The molecule has 0 amide bonds. The predicted molar refractivity (Wildman–Crippen MR) is 126 cm³/mol. The van der Waals surface area contributed by atoms with Gasteiger partial charge >= 0.3 is 5.97 Å². The first kappa shape index (κ1) is 22.6. The Morgan fingerprint density at radius 1 is 1.06 bits per heavy atom. The number of carbonyl (C=O) groups is 1. The Balaban J connectivity index is 1.52. The second-order valence-electron chi connectivity index (χ2n) is 8.92. The number of nitrogens with one attached hydrogen (secondary N) is 1. The molecule has 4 rings (SSSR count). The van der Waals surface area contributed by atoms with Gasteiger partial charge < -0.3 is 14.9 Å². The molecule has 1 unspecified atom stereocenters. The molecular formula is C24H31N3O4S. The van der Waals surface area contributed by atoms with Crippen LogP contribution >= 0.6 is 0 Å². The van der Waals surface area contributed by atoms with Crippen LogP contribution in [0.3, 0.4) is 0 Å². The average molecular weight is 458 g/mol. The average Bonchev–Trinajstić information content (AvgIpc) is 3.27. The molecule has 2 heterocycles. The van der Waals surface area contributed by atoms with Crippen molar-refractivity contribution < 1.29 is 18.3 Å². The first-order chi connectivity index (χ1) is 15.3. The van der Waals surface area contributed by atoms with E-state index in [9.17, 15) is 18.3 Å². The van der Waals surface area contributed by atoms with Crippen molar-refractivity contribution in [2.45, 2.75) is 37.5 Å². The van der Waals surface area contributed by atoms with Crippen molar-refractivity contribution in [1.29, 1.82) is 0 Å². The molecule has 2 fully saturated rings. The van der Waals surface area contributed by atoms with Crippen molar-refractivity contribution in [1.82, 2.24) is 4.90 Å². The number of rotatable bonds is 7. The minimum absolute atomic E-state index is 0.121. The van der Waals surface area contributed by atoms with Crippen LogP contribution in [0.15, 0.2) is 47.4 Å². The molecule has 32 heavy (non-hydrogen) atoms. The molecule has 0 spiro atoms. The second kappa shape index (κ2) is 9.50. The van der Waals surface area contributed by atoms with Gasteiger partial charge in [-0.25, -0.2) is 13.2 Å². The number of sulfonamides is 1.